The van der Waals surface area contributed by atoms with Crippen molar-refractivity contribution >= 4 is 11.8 Å². The lowest BCUT2D eigenvalue weighted by Gasteiger charge is -2.19. The van der Waals surface area contributed by atoms with Gasteiger partial charge in [-0.05, 0) is 12.8 Å². The molecule has 0 radical (unpaired) electrons. The number of aromatic nitrogens is 6. The van der Waals surface area contributed by atoms with E-state index < -0.39 is 18.0 Å². The predicted octanol–water partition coefficient (Wildman–Crippen LogP) is -0.0110. The number of rotatable bonds is 8. The molecule has 0 aromatic carbocycles. The minimum absolute atomic E-state index is 0.163. The van der Waals surface area contributed by atoms with Gasteiger partial charge in [-0.3, -0.25) is 9.59 Å². The van der Waals surface area contributed by atoms with Crippen molar-refractivity contribution in [1.82, 2.24) is 41.5 Å². The van der Waals surface area contributed by atoms with Crippen molar-refractivity contribution in [3.63, 3.8) is 0 Å². The van der Waals surface area contributed by atoms with Crippen LogP contribution in [0, 0.1) is 0 Å². The number of unbranched alkanes of at least 4 members (excludes halogenated alkanes) is 2. The number of hydrogen-bond donors (Lipinski definition) is 4. The van der Waals surface area contributed by atoms with Gasteiger partial charge in [-0.1, -0.05) is 19.8 Å². The molecule has 4 N–H and O–H groups in total. The minimum atomic E-state index is -0.514. The first-order valence-corrected chi connectivity index (χ1v) is 7.04. The number of hydrogen-bond acceptors (Lipinski definition) is 6. The first kappa shape index (κ1) is 15.6. The van der Waals surface area contributed by atoms with Gasteiger partial charge in [-0.15, -0.1) is 0 Å². The molecule has 0 aliphatic heterocycles. The van der Waals surface area contributed by atoms with Gasteiger partial charge in [0.05, 0.1) is 12.4 Å². The maximum absolute atomic E-state index is 12.0. The quantitative estimate of drug-likeness (QED) is 0.399. The van der Waals surface area contributed by atoms with E-state index in [0.717, 1.165) is 19.3 Å². The van der Waals surface area contributed by atoms with Crippen LogP contribution in [0.1, 0.15) is 53.6 Å². The highest BCUT2D eigenvalue weighted by atomic mass is 16.2. The first-order valence-electron chi connectivity index (χ1n) is 7.04. The van der Waals surface area contributed by atoms with Crippen LogP contribution in [0.5, 0.6) is 0 Å². The van der Waals surface area contributed by atoms with E-state index in [1.54, 1.807) is 0 Å². The molecule has 0 fully saturated rings. The lowest BCUT2D eigenvalue weighted by molar-refractivity contribution is 0.0873. The van der Waals surface area contributed by atoms with Gasteiger partial charge in [0.25, 0.3) is 11.8 Å². The molecule has 0 aliphatic carbocycles. The van der Waals surface area contributed by atoms with Crippen molar-refractivity contribution in [2.45, 2.75) is 38.8 Å². The Kier molecular flexibility index (Phi) is 5.57. The second-order valence-corrected chi connectivity index (χ2v) is 4.71. The zero-order valence-electron chi connectivity index (χ0n) is 12.2. The molecular weight excluding hydrogens is 288 g/mol. The maximum Gasteiger partial charge on any atom is 0.275 e. The third-order valence-corrected chi connectivity index (χ3v) is 3.00. The van der Waals surface area contributed by atoms with Gasteiger partial charge in [0, 0.05) is 0 Å². The smallest absolute Gasteiger partial charge is 0.275 e. The van der Waals surface area contributed by atoms with E-state index in [0.29, 0.717) is 6.42 Å². The monoisotopic (exact) mass is 306 g/mol. The molecule has 10 nitrogen and oxygen atoms in total. The summed E-state index contributed by atoms with van der Waals surface area (Å²) in [5.41, 5.74) is 0.326. The number of aromatic amines is 2. The molecule has 22 heavy (non-hydrogen) atoms. The Balaban J connectivity index is 1.95. The molecule has 0 atom stereocenters. The van der Waals surface area contributed by atoms with E-state index >= 15 is 0 Å². The fourth-order valence-electron chi connectivity index (χ4n) is 1.87. The zero-order valence-corrected chi connectivity index (χ0v) is 12.2. The SMILES string of the molecule is CCCCCC(NC(=O)c1cn[nH]n1)NC(=O)c1cn[nH]n1. The van der Waals surface area contributed by atoms with E-state index in [4.69, 9.17) is 0 Å². The standard InChI is InChI=1S/C12H18N8O2/c1-2-3-4-5-10(15-11(21)8-6-13-19-17-8)16-12(22)9-7-14-20-18-9/h6-7,10H,2-5H2,1H3,(H,15,21)(H,16,22)(H,13,17,19)(H,14,18,20). The Morgan fingerprint density at radius 1 is 1.05 bits per heavy atom. The van der Waals surface area contributed by atoms with Crippen LogP contribution < -0.4 is 10.6 Å². The number of nitrogens with one attached hydrogen (secondary N) is 4. The third-order valence-electron chi connectivity index (χ3n) is 3.00. The zero-order chi connectivity index (χ0) is 15.8. The lowest BCUT2D eigenvalue weighted by atomic mass is 10.1. The molecular formula is C12H18N8O2. The van der Waals surface area contributed by atoms with E-state index in [1.165, 1.54) is 12.4 Å². The van der Waals surface area contributed by atoms with Gasteiger partial charge >= 0.3 is 0 Å². The minimum Gasteiger partial charge on any atom is -0.330 e. The summed E-state index contributed by atoms with van der Waals surface area (Å²) in [4.78, 5) is 24.0. The fourth-order valence-corrected chi connectivity index (χ4v) is 1.87. The van der Waals surface area contributed by atoms with Crippen molar-refractivity contribution in [2.75, 3.05) is 0 Å². The predicted molar refractivity (Wildman–Crippen MR) is 75.6 cm³/mol. The molecule has 2 aromatic rings. The van der Waals surface area contributed by atoms with E-state index in [9.17, 15) is 9.59 Å². The molecule has 2 rings (SSSR count). The Bertz CT molecular complexity index is 532. The first-order chi connectivity index (χ1) is 10.7. The molecule has 0 spiro atoms. The summed E-state index contributed by atoms with van der Waals surface area (Å²) in [7, 11) is 0. The molecule has 2 amide bonds. The van der Waals surface area contributed by atoms with Crippen molar-refractivity contribution in [3.8, 4) is 0 Å². The Hall–Kier alpha value is -2.78. The molecule has 0 unspecified atom stereocenters. The number of amides is 2. The Labute approximate surface area is 126 Å². The van der Waals surface area contributed by atoms with Crippen molar-refractivity contribution in [1.29, 1.82) is 0 Å². The summed E-state index contributed by atoms with van der Waals surface area (Å²) in [5.74, 6) is -0.814. The molecule has 2 aromatic heterocycles. The summed E-state index contributed by atoms with van der Waals surface area (Å²) in [6.45, 7) is 2.08. The molecule has 2 heterocycles. The van der Waals surface area contributed by atoms with Gasteiger partial charge in [0.2, 0.25) is 0 Å². The van der Waals surface area contributed by atoms with Gasteiger partial charge in [0.1, 0.15) is 6.17 Å². The second-order valence-electron chi connectivity index (χ2n) is 4.71. The maximum atomic E-state index is 12.0. The summed E-state index contributed by atoms with van der Waals surface area (Å²) < 4.78 is 0. The van der Waals surface area contributed by atoms with Crippen molar-refractivity contribution in [2.24, 2.45) is 0 Å². The number of nitrogens with zero attached hydrogens (tertiary/aromatic N) is 4. The van der Waals surface area contributed by atoms with Crippen molar-refractivity contribution in [3.05, 3.63) is 23.8 Å². The topological polar surface area (TPSA) is 141 Å². The number of carbonyl (C=O) groups excluding carboxylic acids is 2. The number of H-pyrrole nitrogens is 2. The molecule has 0 saturated heterocycles. The molecule has 0 bridgehead atoms. The van der Waals surface area contributed by atoms with Gasteiger partial charge in [-0.2, -0.15) is 30.8 Å². The van der Waals surface area contributed by atoms with Crippen LogP contribution in [0.3, 0.4) is 0 Å². The summed E-state index contributed by atoms with van der Waals surface area (Å²) in [5, 5.41) is 24.8. The van der Waals surface area contributed by atoms with Gasteiger partial charge < -0.3 is 10.6 Å². The molecule has 0 aliphatic rings. The van der Waals surface area contributed by atoms with E-state index in [1.807, 2.05) is 0 Å². The summed E-state index contributed by atoms with van der Waals surface area (Å²) >= 11 is 0. The molecule has 10 heteroatoms. The second kappa shape index (κ2) is 7.86. The van der Waals surface area contributed by atoms with Crippen LogP contribution in [0.4, 0.5) is 0 Å². The Morgan fingerprint density at radius 2 is 1.59 bits per heavy atom. The number of carbonyl (C=O) groups is 2. The van der Waals surface area contributed by atoms with E-state index in [2.05, 4.69) is 48.4 Å². The summed E-state index contributed by atoms with van der Waals surface area (Å²) in [6.07, 6.45) is 5.66. The van der Waals surface area contributed by atoms with Crippen LogP contribution >= 0.6 is 0 Å². The summed E-state index contributed by atoms with van der Waals surface area (Å²) in [6, 6.07) is 0. The lowest BCUT2D eigenvalue weighted by Crippen LogP contribution is -2.48. The van der Waals surface area contributed by atoms with Crippen molar-refractivity contribution < 1.29 is 9.59 Å². The van der Waals surface area contributed by atoms with Crippen LogP contribution in [0.15, 0.2) is 12.4 Å². The van der Waals surface area contributed by atoms with Gasteiger partial charge in [0.15, 0.2) is 11.4 Å². The molecule has 0 saturated carbocycles. The van der Waals surface area contributed by atoms with E-state index in [-0.39, 0.29) is 11.4 Å². The molecule has 118 valence electrons. The van der Waals surface area contributed by atoms with Crippen LogP contribution in [0.25, 0.3) is 0 Å². The highest BCUT2D eigenvalue weighted by Gasteiger charge is 2.19. The van der Waals surface area contributed by atoms with Crippen LogP contribution in [-0.4, -0.2) is 48.8 Å². The van der Waals surface area contributed by atoms with Crippen LogP contribution in [-0.2, 0) is 0 Å². The highest BCUT2D eigenvalue weighted by Crippen LogP contribution is 2.04. The highest BCUT2D eigenvalue weighted by molar-refractivity contribution is 5.94. The van der Waals surface area contributed by atoms with Gasteiger partial charge in [-0.25, -0.2) is 0 Å². The normalized spacial score (nSPS) is 10.6. The largest absolute Gasteiger partial charge is 0.330 e. The fraction of sp³-hybridized carbons (Fsp3) is 0.500. The van der Waals surface area contributed by atoms with Crippen LogP contribution in [0.2, 0.25) is 0 Å². The third kappa shape index (κ3) is 4.36. The average Bonchev–Trinajstić information content (AvgIpc) is 3.20. The average molecular weight is 306 g/mol. The Morgan fingerprint density at radius 3 is 2.00 bits per heavy atom.